The van der Waals surface area contributed by atoms with E-state index in [0.29, 0.717) is 0 Å². The van der Waals surface area contributed by atoms with Crippen molar-refractivity contribution in [2.45, 2.75) is 239 Å². The molecule has 0 bridgehead atoms. The molecular formula is C71H89BN2S. The third-order valence-electron chi connectivity index (χ3n) is 20.9. The maximum Gasteiger partial charge on any atom is 0.253 e. The number of hydrogen-bond donors (Lipinski definition) is 0. The third kappa shape index (κ3) is 7.95. The second kappa shape index (κ2) is 17.2. The Morgan fingerprint density at radius 1 is 0.520 bits per heavy atom. The van der Waals surface area contributed by atoms with Gasteiger partial charge in [0.05, 0.1) is 5.00 Å². The number of anilines is 6. The summed E-state index contributed by atoms with van der Waals surface area (Å²) in [5, 5.41) is 1.45. The zero-order valence-electron chi connectivity index (χ0n) is 49.3. The molecule has 2 nitrogen and oxygen atoms in total. The fourth-order valence-electron chi connectivity index (χ4n) is 15.7. The molecule has 0 amide bonds. The predicted molar refractivity (Wildman–Crippen MR) is 328 cm³/mol. The second-order valence-electron chi connectivity index (χ2n) is 29.4. The number of benzene rings is 5. The van der Waals surface area contributed by atoms with Crippen LogP contribution < -0.4 is 26.2 Å². The molecule has 2 aliphatic heterocycles. The van der Waals surface area contributed by atoms with Gasteiger partial charge < -0.3 is 9.80 Å². The number of rotatable bonds is 8. The number of hydrogen-bond acceptors (Lipinski definition) is 3. The lowest BCUT2D eigenvalue weighted by Crippen LogP contribution is -2.63. The number of thiophene rings is 1. The summed E-state index contributed by atoms with van der Waals surface area (Å²) in [5.74, 6) is 0. The van der Waals surface area contributed by atoms with E-state index in [2.05, 4.69) is 211 Å². The minimum absolute atomic E-state index is 0.0203. The van der Waals surface area contributed by atoms with Crippen LogP contribution in [0.2, 0.25) is 0 Å². The SMILES string of the molecule is CCCCC(C)(C)c1ccc(N2c3cc4c(cc3B3c5c2cc(-c2ccc6c(c2)CCCC6)cc5N(c2ccc5c(c2)C(C)(C)CCC5(C)C)c2sc5c(c23)C(C)(C)CCC5(C)C)C(C)(C)CCC4(C)C)cc1CC. The van der Waals surface area contributed by atoms with Gasteiger partial charge in [-0.3, -0.25) is 0 Å². The Morgan fingerprint density at radius 3 is 1.76 bits per heavy atom. The van der Waals surface area contributed by atoms with Gasteiger partial charge in [0, 0.05) is 33.3 Å². The minimum atomic E-state index is 0.0203. The van der Waals surface area contributed by atoms with E-state index in [1.807, 2.05) is 0 Å². The highest BCUT2D eigenvalue weighted by molar-refractivity contribution is 7.20. The molecule has 0 N–H and O–H groups in total. The molecule has 0 atom stereocenters. The molecule has 6 aliphatic rings. The molecule has 12 rings (SSSR count). The highest BCUT2D eigenvalue weighted by atomic mass is 32.1. The van der Waals surface area contributed by atoms with Gasteiger partial charge in [-0.1, -0.05) is 160 Å². The van der Waals surface area contributed by atoms with E-state index in [-0.39, 0.29) is 44.6 Å². The van der Waals surface area contributed by atoms with Crippen molar-refractivity contribution >= 4 is 67.9 Å². The summed E-state index contributed by atoms with van der Waals surface area (Å²) in [4.78, 5) is 7.22. The number of fused-ring (bicyclic) bond motifs is 9. The topological polar surface area (TPSA) is 6.48 Å². The van der Waals surface area contributed by atoms with Crippen molar-refractivity contribution in [2.24, 2.45) is 0 Å². The summed E-state index contributed by atoms with van der Waals surface area (Å²) < 4.78 is 0. The Hall–Kier alpha value is -4.54. The molecular weight excluding hydrogens is 924 g/mol. The van der Waals surface area contributed by atoms with E-state index in [4.69, 9.17) is 0 Å². The van der Waals surface area contributed by atoms with Crippen LogP contribution in [0.4, 0.5) is 33.4 Å². The van der Waals surface area contributed by atoms with Crippen molar-refractivity contribution in [3.63, 3.8) is 0 Å². The first kappa shape index (κ1) is 51.2. The first-order valence-electron chi connectivity index (χ1n) is 29.8. The summed E-state index contributed by atoms with van der Waals surface area (Å²) in [6.45, 7) is 40.2. The van der Waals surface area contributed by atoms with Crippen molar-refractivity contribution in [3.8, 4) is 11.1 Å². The Morgan fingerprint density at radius 2 is 1.09 bits per heavy atom. The van der Waals surface area contributed by atoms with Crippen LogP contribution in [0.1, 0.15) is 236 Å². The Labute approximate surface area is 458 Å². The van der Waals surface area contributed by atoms with E-state index >= 15 is 0 Å². The second-order valence-corrected chi connectivity index (χ2v) is 30.4. The largest absolute Gasteiger partial charge is 0.311 e. The van der Waals surface area contributed by atoms with Crippen LogP contribution in [0.5, 0.6) is 0 Å². The first-order valence-corrected chi connectivity index (χ1v) is 30.7. The van der Waals surface area contributed by atoms with Gasteiger partial charge in [-0.15, -0.1) is 11.3 Å². The molecule has 0 unspecified atom stereocenters. The van der Waals surface area contributed by atoms with Crippen LogP contribution >= 0.6 is 11.3 Å². The van der Waals surface area contributed by atoms with E-state index in [1.54, 1.807) is 32.6 Å². The lowest BCUT2D eigenvalue weighted by atomic mass is 9.32. The van der Waals surface area contributed by atoms with Gasteiger partial charge >= 0.3 is 0 Å². The van der Waals surface area contributed by atoms with Crippen molar-refractivity contribution < 1.29 is 0 Å². The summed E-state index contributed by atoms with van der Waals surface area (Å²) in [7, 11) is 0. The summed E-state index contributed by atoms with van der Waals surface area (Å²) in [6, 6.07) is 33.8. The van der Waals surface area contributed by atoms with Crippen LogP contribution in [0, 0.1) is 0 Å². The van der Waals surface area contributed by atoms with Gasteiger partial charge in [0.25, 0.3) is 6.71 Å². The Balaban J connectivity index is 1.23. The summed E-state index contributed by atoms with van der Waals surface area (Å²) in [5.41, 5.74) is 28.3. The molecule has 5 aromatic carbocycles. The molecule has 0 saturated heterocycles. The molecule has 0 fully saturated rings. The molecule has 392 valence electrons. The average molecular weight is 1010 g/mol. The molecule has 0 radical (unpaired) electrons. The minimum Gasteiger partial charge on any atom is -0.311 e. The Kier molecular flexibility index (Phi) is 11.8. The fourth-order valence-corrected chi connectivity index (χ4v) is 17.3. The van der Waals surface area contributed by atoms with E-state index in [1.165, 1.54) is 167 Å². The van der Waals surface area contributed by atoms with Gasteiger partial charge in [0.1, 0.15) is 0 Å². The molecule has 1 aromatic heterocycles. The van der Waals surface area contributed by atoms with Crippen LogP contribution in [-0.4, -0.2) is 6.71 Å². The summed E-state index contributed by atoms with van der Waals surface area (Å²) >= 11 is 2.15. The highest BCUT2D eigenvalue weighted by Gasteiger charge is 2.53. The molecule has 3 heterocycles. The fraction of sp³-hybridized carbons (Fsp3) is 0.521. The van der Waals surface area contributed by atoms with E-state index in [0.717, 1.165) is 6.42 Å². The van der Waals surface area contributed by atoms with Crippen LogP contribution in [-0.2, 0) is 57.2 Å². The standard InChI is InChI=1S/C71H89BN2S/c1-17-19-30-65(3,4)51-28-26-49(38-44(51)18-2)73-57-43-55-54(68(9,10)33-34-69(55,11)12)42-56(57)72-61-58(73)39-48(47-25-24-45-22-20-21-23-46(45)37-47)40-59(61)74(50-27-29-52-53(41-50)67(7,8)32-31-66(52,5)6)64-62(72)60-63(75-64)71(15,16)36-35-70(60,13)14/h24-29,37-43H,17-23,30-36H2,1-16H3. The normalized spacial score (nSPS) is 20.8. The van der Waals surface area contributed by atoms with E-state index in [9.17, 15) is 0 Å². The number of aryl methyl sites for hydroxylation is 3. The third-order valence-corrected chi connectivity index (χ3v) is 22.5. The van der Waals surface area contributed by atoms with E-state index < -0.39 is 0 Å². The van der Waals surface area contributed by atoms with Gasteiger partial charge in [-0.05, 0) is 235 Å². The maximum absolute atomic E-state index is 2.82. The molecule has 6 aromatic rings. The van der Waals surface area contributed by atoms with Crippen molar-refractivity contribution in [3.05, 3.63) is 134 Å². The lowest BCUT2D eigenvalue weighted by molar-refractivity contribution is 0.332. The number of unbranched alkanes of at least 4 members (excludes halogenated alkanes) is 1. The molecule has 0 saturated carbocycles. The molecule has 75 heavy (non-hydrogen) atoms. The zero-order valence-corrected chi connectivity index (χ0v) is 50.1. The van der Waals surface area contributed by atoms with Gasteiger partial charge in [0.2, 0.25) is 0 Å². The smallest absolute Gasteiger partial charge is 0.253 e. The van der Waals surface area contributed by atoms with Crippen molar-refractivity contribution in [1.29, 1.82) is 0 Å². The molecule has 0 spiro atoms. The highest BCUT2D eigenvalue weighted by Crippen LogP contribution is 2.58. The maximum atomic E-state index is 2.82. The van der Waals surface area contributed by atoms with Crippen LogP contribution in [0.25, 0.3) is 11.1 Å². The number of nitrogens with zero attached hydrogens (tertiary/aromatic N) is 2. The Bertz CT molecular complexity index is 3310. The van der Waals surface area contributed by atoms with Crippen LogP contribution in [0.15, 0.2) is 78.9 Å². The predicted octanol–water partition coefficient (Wildman–Crippen LogP) is 18.5. The van der Waals surface area contributed by atoms with Gasteiger partial charge in [-0.2, -0.15) is 0 Å². The molecule has 4 aliphatic carbocycles. The van der Waals surface area contributed by atoms with Gasteiger partial charge in [0.15, 0.2) is 0 Å². The lowest BCUT2D eigenvalue weighted by Gasteiger charge is -2.48. The molecule has 4 heteroatoms. The quantitative estimate of drug-likeness (QED) is 0.140. The van der Waals surface area contributed by atoms with Gasteiger partial charge in [-0.25, -0.2) is 0 Å². The summed E-state index contributed by atoms with van der Waals surface area (Å²) in [6.07, 6.45) is 16.8. The van der Waals surface area contributed by atoms with Crippen molar-refractivity contribution in [1.82, 2.24) is 0 Å². The zero-order chi connectivity index (χ0) is 53.2. The first-order chi connectivity index (χ1) is 35.3. The monoisotopic (exact) mass is 1010 g/mol. The average Bonchev–Trinajstić information content (AvgIpc) is 3.91. The van der Waals surface area contributed by atoms with Crippen molar-refractivity contribution in [2.75, 3.05) is 9.80 Å². The van der Waals surface area contributed by atoms with Crippen LogP contribution in [0.3, 0.4) is 0 Å².